The van der Waals surface area contributed by atoms with Gasteiger partial charge < -0.3 is 24.8 Å². The molecule has 3 aliphatic rings. The second-order valence-electron chi connectivity index (χ2n) is 12.3. The van der Waals surface area contributed by atoms with E-state index in [2.05, 4.69) is 21.5 Å². The minimum absolute atomic E-state index is 0.0619. The normalized spacial score (nSPS) is 23.5. The van der Waals surface area contributed by atoms with Gasteiger partial charge in [0.05, 0.1) is 49.2 Å². The molecule has 0 bridgehead atoms. The lowest BCUT2D eigenvalue weighted by atomic mass is 9.77. The van der Waals surface area contributed by atoms with Crippen molar-refractivity contribution < 1.29 is 19.4 Å². The second kappa shape index (κ2) is 9.87. The van der Waals surface area contributed by atoms with E-state index in [-0.39, 0.29) is 29.4 Å². The Morgan fingerprint density at radius 3 is 2.67 bits per heavy atom. The van der Waals surface area contributed by atoms with E-state index in [1.165, 1.54) is 0 Å². The summed E-state index contributed by atoms with van der Waals surface area (Å²) in [6.45, 7) is 9.42. The third kappa shape index (κ3) is 4.70. The Labute approximate surface area is 228 Å². The molecule has 1 atom stereocenters. The van der Waals surface area contributed by atoms with Crippen LogP contribution in [0.2, 0.25) is 0 Å². The Balaban J connectivity index is 1.31. The summed E-state index contributed by atoms with van der Waals surface area (Å²) in [7, 11) is 1.68. The minimum atomic E-state index is -0.812. The van der Waals surface area contributed by atoms with Crippen LogP contribution in [-0.4, -0.2) is 92.5 Å². The highest BCUT2D eigenvalue weighted by Crippen LogP contribution is 2.40. The number of amides is 1. The van der Waals surface area contributed by atoms with Gasteiger partial charge in [-0.25, -0.2) is 9.50 Å². The summed E-state index contributed by atoms with van der Waals surface area (Å²) in [6, 6.07) is 2.24. The maximum atomic E-state index is 13.4. The molecule has 6 rings (SSSR count). The highest BCUT2D eigenvalue weighted by molar-refractivity contribution is 5.85. The van der Waals surface area contributed by atoms with Crippen molar-refractivity contribution in [2.24, 2.45) is 5.41 Å². The Bertz CT molecular complexity index is 1350. The molecule has 210 valence electrons. The quantitative estimate of drug-likeness (QED) is 0.450. The van der Waals surface area contributed by atoms with E-state index in [0.29, 0.717) is 12.6 Å². The highest BCUT2D eigenvalue weighted by atomic mass is 16.5. The minimum Gasteiger partial charge on any atom is -0.393 e. The van der Waals surface area contributed by atoms with Crippen molar-refractivity contribution in [3.05, 3.63) is 30.4 Å². The van der Waals surface area contributed by atoms with E-state index in [1.807, 2.05) is 48.8 Å². The van der Waals surface area contributed by atoms with Gasteiger partial charge in [0.25, 0.3) is 0 Å². The summed E-state index contributed by atoms with van der Waals surface area (Å²) < 4.78 is 14.4. The molecule has 0 unspecified atom stereocenters. The number of ether oxygens (including phenoxy) is 2. The third-order valence-corrected chi connectivity index (χ3v) is 8.60. The van der Waals surface area contributed by atoms with Gasteiger partial charge in [-0.1, -0.05) is 0 Å². The van der Waals surface area contributed by atoms with E-state index in [4.69, 9.17) is 14.6 Å². The zero-order chi connectivity index (χ0) is 27.4. The van der Waals surface area contributed by atoms with Gasteiger partial charge in [0.15, 0.2) is 0 Å². The number of nitrogens with zero attached hydrogens (tertiary/aromatic N) is 6. The lowest BCUT2D eigenvalue weighted by Gasteiger charge is -2.56. The number of hydrogen-bond donors (Lipinski definition) is 2. The molecule has 2 N–H and O–H groups in total. The molecule has 3 fully saturated rings. The number of aliphatic hydroxyl groups is 1. The molecule has 0 radical (unpaired) electrons. The van der Waals surface area contributed by atoms with Gasteiger partial charge in [-0.2, -0.15) is 5.10 Å². The van der Waals surface area contributed by atoms with Gasteiger partial charge in [0, 0.05) is 55.2 Å². The molecular formula is C28H39N7O4. The fraction of sp³-hybridized carbons (Fsp3) is 0.643. The number of carbonyl (C=O) groups is 1. The molecule has 3 aromatic heterocycles. The first-order chi connectivity index (χ1) is 18.7. The number of aliphatic hydroxyl groups excluding tert-OH is 1. The average molecular weight is 538 g/mol. The number of hydrogen-bond acceptors (Lipinski definition) is 8. The van der Waals surface area contributed by atoms with Gasteiger partial charge in [-0.15, -0.1) is 5.10 Å². The summed E-state index contributed by atoms with van der Waals surface area (Å²) in [5, 5.41) is 22.9. The second-order valence-corrected chi connectivity index (χ2v) is 12.3. The lowest BCUT2D eigenvalue weighted by Crippen LogP contribution is -2.69. The van der Waals surface area contributed by atoms with Crippen LogP contribution in [0, 0.1) is 5.41 Å². The van der Waals surface area contributed by atoms with Crippen molar-refractivity contribution in [2.75, 3.05) is 45.3 Å². The molecular weight excluding hydrogens is 498 g/mol. The Morgan fingerprint density at radius 1 is 1.26 bits per heavy atom. The van der Waals surface area contributed by atoms with Crippen molar-refractivity contribution in [2.45, 2.75) is 70.1 Å². The zero-order valence-corrected chi connectivity index (χ0v) is 23.3. The van der Waals surface area contributed by atoms with Crippen LogP contribution < -0.4 is 5.32 Å². The van der Waals surface area contributed by atoms with Gasteiger partial charge in [-0.05, 0) is 52.5 Å². The zero-order valence-electron chi connectivity index (χ0n) is 23.3. The summed E-state index contributed by atoms with van der Waals surface area (Å²) in [5.41, 5.74) is 3.25. The van der Waals surface area contributed by atoms with Crippen molar-refractivity contribution >= 4 is 17.4 Å². The molecule has 39 heavy (non-hydrogen) atoms. The van der Waals surface area contributed by atoms with Crippen LogP contribution in [0.1, 0.15) is 58.1 Å². The molecule has 0 aromatic carbocycles. The van der Waals surface area contributed by atoms with Crippen LogP contribution in [0.3, 0.4) is 0 Å². The number of likely N-dealkylation sites (tertiary alicyclic amines) is 1. The van der Waals surface area contributed by atoms with Crippen molar-refractivity contribution in [1.82, 2.24) is 29.3 Å². The number of methoxy groups -OCH3 is 1. The average Bonchev–Trinajstić information content (AvgIpc) is 3.48. The molecule has 1 spiro atoms. The molecule has 1 aliphatic carbocycles. The van der Waals surface area contributed by atoms with Crippen molar-refractivity contribution in [3.8, 4) is 11.1 Å². The van der Waals surface area contributed by atoms with Crippen LogP contribution in [0.25, 0.3) is 16.6 Å². The first kappa shape index (κ1) is 26.2. The van der Waals surface area contributed by atoms with Crippen LogP contribution in [-0.2, 0) is 19.8 Å². The third-order valence-electron chi connectivity index (χ3n) is 8.60. The first-order valence-electron chi connectivity index (χ1n) is 13.9. The van der Waals surface area contributed by atoms with E-state index in [9.17, 15) is 9.90 Å². The van der Waals surface area contributed by atoms with Crippen LogP contribution >= 0.6 is 0 Å². The van der Waals surface area contributed by atoms with E-state index >= 15 is 0 Å². The van der Waals surface area contributed by atoms with E-state index in [0.717, 1.165) is 74.3 Å². The number of anilines is 1. The molecule has 11 heteroatoms. The monoisotopic (exact) mass is 537 g/mol. The highest BCUT2D eigenvalue weighted by Gasteiger charge is 2.53. The summed E-state index contributed by atoms with van der Waals surface area (Å²) in [4.78, 5) is 19.9. The van der Waals surface area contributed by atoms with Gasteiger partial charge in [0.2, 0.25) is 11.9 Å². The molecule has 1 amide bonds. The number of aromatic nitrogens is 5. The lowest BCUT2D eigenvalue weighted by molar-refractivity contribution is -0.199. The number of nitrogens with one attached hydrogen (secondary N) is 1. The maximum absolute atomic E-state index is 13.4. The largest absolute Gasteiger partial charge is 0.393 e. The van der Waals surface area contributed by atoms with Crippen LogP contribution in [0.15, 0.2) is 24.7 Å². The predicted octanol–water partition coefficient (Wildman–Crippen LogP) is 2.65. The fourth-order valence-corrected chi connectivity index (χ4v) is 6.22. The molecule has 5 heterocycles. The van der Waals surface area contributed by atoms with Gasteiger partial charge in [0.1, 0.15) is 5.54 Å². The number of carbonyl (C=O) groups excluding carboxylic acids is 1. The van der Waals surface area contributed by atoms with E-state index < -0.39 is 5.54 Å². The van der Waals surface area contributed by atoms with E-state index in [1.54, 1.807) is 11.8 Å². The maximum Gasteiger partial charge on any atom is 0.250 e. The Kier molecular flexibility index (Phi) is 6.63. The summed E-state index contributed by atoms with van der Waals surface area (Å²) >= 11 is 0. The van der Waals surface area contributed by atoms with Crippen molar-refractivity contribution in [1.29, 1.82) is 0 Å². The molecule has 1 saturated carbocycles. The smallest absolute Gasteiger partial charge is 0.250 e. The standard InChI is InChI=1S/C28H39N7O4/c1-18(13-38-4)31-26-29-11-24-22(9-23(35(24)32-26)19-5-7-21(36)8-6-19)20-10-30-34(12-20)27(2,3)25(37)33-14-28(15-33)16-39-17-28/h9-12,18-19,21,36H,5-8,13-17H2,1-4H3,(H,31,32)/t18-,19?,21?/m0/s1. The first-order valence-corrected chi connectivity index (χ1v) is 13.9. The predicted molar refractivity (Wildman–Crippen MR) is 146 cm³/mol. The summed E-state index contributed by atoms with van der Waals surface area (Å²) in [6.07, 6.45) is 8.77. The van der Waals surface area contributed by atoms with Gasteiger partial charge >= 0.3 is 0 Å². The van der Waals surface area contributed by atoms with Crippen molar-refractivity contribution in [3.63, 3.8) is 0 Å². The summed E-state index contributed by atoms with van der Waals surface area (Å²) in [5.74, 6) is 0.899. The molecule has 2 saturated heterocycles. The number of rotatable bonds is 8. The topological polar surface area (TPSA) is 119 Å². The Morgan fingerprint density at radius 2 is 2.00 bits per heavy atom. The number of fused-ring (bicyclic) bond motifs is 1. The van der Waals surface area contributed by atoms with Gasteiger partial charge in [-0.3, -0.25) is 9.48 Å². The van der Waals surface area contributed by atoms with Crippen LogP contribution in [0.4, 0.5) is 5.95 Å². The van der Waals surface area contributed by atoms with Crippen LogP contribution in [0.5, 0.6) is 0 Å². The molecule has 2 aliphatic heterocycles. The molecule has 11 nitrogen and oxygen atoms in total. The fourth-order valence-electron chi connectivity index (χ4n) is 6.22. The SMILES string of the molecule is COC[C@H](C)Nc1ncc2c(-c3cnn(C(C)(C)C(=O)N4CC5(COC5)C4)c3)cc(C3CCC(O)CC3)n2n1. The Hall–Kier alpha value is -3.02. The molecule has 3 aromatic rings.